The molecule has 1 amide bonds. The number of carbonyl (C=O) groups excluding carboxylic acids is 1. The van der Waals surface area contributed by atoms with E-state index in [1.54, 1.807) is 11.8 Å². The molecule has 0 aromatic carbocycles. The standard InChI is InChI=1S/C12H25NO2S/c1-5-16-11(9(2)3)12(15)13-8-10(4)6-7-14/h9-11,14H,5-8H2,1-4H3,(H,13,15). The Morgan fingerprint density at radius 3 is 2.44 bits per heavy atom. The van der Waals surface area contributed by atoms with Crippen molar-refractivity contribution in [2.24, 2.45) is 11.8 Å². The Bertz CT molecular complexity index is 197. The van der Waals surface area contributed by atoms with Crippen molar-refractivity contribution >= 4 is 17.7 Å². The quantitative estimate of drug-likeness (QED) is 0.689. The highest BCUT2D eigenvalue weighted by atomic mass is 32.2. The molecule has 0 aromatic rings. The molecule has 0 rings (SSSR count). The van der Waals surface area contributed by atoms with Crippen LogP contribution < -0.4 is 5.32 Å². The number of nitrogens with one attached hydrogen (secondary N) is 1. The van der Waals surface area contributed by atoms with E-state index in [4.69, 9.17) is 5.11 Å². The number of amides is 1. The molecular formula is C12H25NO2S. The average Bonchev–Trinajstić information content (AvgIpc) is 2.22. The van der Waals surface area contributed by atoms with Crippen LogP contribution in [0.1, 0.15) is 34.1 Å². The summed E-state index contributed by atoms with van der Waals surface area (Å²) >= 11 is 1.70. The third kappa shape index (κ3) is 6.38. The third-order valence-electron chi connectivity index (χ3n) is 2.46. The number of carbonyl (C=O) groups is 1. The number of thioether (sulfide) groups is 1. The summed E-state index contributed by atoms with van der Waals surface area (Å²) in [6.07, 6.45) is 0.744. The number of aliphatic hydroxyl groups is 1. The maximum absolute atomic E-state index is 11.9. The molecule has 0 aromatic heterocycles. The summed E-state index contributed by atoms with van der Waals surface area (Å²) in [6, 6.07) is 0. The molecule has 2 atom stereocenters. The Balaban J connectivity index is 4.00. The fourth-order valence-electron chi connectivity index (χ4n) is 1.45. The van der Waals surface area contributed by atoms with Gasteiger partial charge in [-0.15, -0.1) is 11.8 Å². The van der Waals surface area contributed by atoms with Gasteiger partial charge in [-0.2, -0.15) is 0 Å². The van der Waals surface area contributed by atoms with Gasteiger partial charge in [0, 0.05) is 13.2 Å². The smallest absolute Gasteiger partial charge is 0.233 e. The molecular weight excluding hydrogens is 222 g/mol. The van der Waals surface area contributed by atoms with E-state index >= 15 is 0 Å². The lowest BCUT2D eigenvalue weighted by Gasteiger charge is -2.20. The Morgan fingerprint density at radius 2 is 2.00 bits per heavy atom. The summed E-state index contributed by atoms with van der Waals surface area (Å²) in [5, 5.41) is 11.8. The first-order valence-electron chi connectivity index (χ1n) is 6.03. The van der Waals surface area contributed by atoms with Crippen molar-refractivity contribution in [1.82, 2.24) is 5.32 Å². The van der Waals surface area contributed by atoms with Crippen LogP contribution in [0.3, 0.4) is 0 Å². The first-order chi connectivity index (χ1) is 7.52. The molecule has 0 aliphatic carbocycles. The highest BCUT2D eigenvalue weighted by Crippen LogP contribution is 2.19. The van der Waals surface area contributed by atoms with Crippen LogP contribution in [0, 0.1) is 11.8 Å². The van der Waals surface area contributed by atoms with E-state index in [1.165, 1.54) is 0 Å². The number of aliphatic hydroxyl groups excluding tert-OH is 1. The summed E-state index contributed by atoms with van der Waals surface area (Å²) in [5.74, 6) is 1.79. The normalized spacial score (nSPS) is 14.9. The van der Waals surface area contributed by atoms with Gasteiger partial charge in [-0.3, -0.25) is 4.79 Å². The Morgan fingerprint density at radius 1 is 1.38 bits per heavy atom. The van der Waals surface area contributed by atoms with E-state index in [1.807, 2.05) is 6.92 Å². The van der Waals surface area contributed by atoms with Gasteiger partial charge in [0.15, 0.2) is 0 Å². The molecule has 16 heavy (non-hydrogen) atoms. The van der Waals surface area contributed by atoms with Crippen LogP contribution in [0.25, 0.3) is 0 Å². The molecule has 0 bridgehead atoms. The number of hydrogen-bond acceptors (Lipinski definition) is 3. The molecule has 0 saturated heterocycles. The molecule has 0 spiro atoms. The van der Waals surface area contributed by atoms with Gasteiger partial charge in [-0.25, -0.2) is 0 Å². The predicted octanol–water partition coefficient (Wildman–Crippen LogP) is 1.90. The van der Waals surface area contributed by atoms with Crippen molar-refractivity contribution < 1.29 is 9.90 Å². The van der Waals surface area contributed by atoms with Crippen LogP contribution in [0.15, 0.2) is 0 Å². The molecule has 2 unspecified atom stereocenters. The number of rotatable bonds is 8. The highest BCUT2D eigenvalue weighted by Gasteiger charge is 2.21. The molecule has 4 heteroatoms. The van der Waals surface area contributed by atoms with Crippen molar-refractivity contribution in [3.8, 4) is 0 Å². The fourth-order valence-corrected chi connectivity index (χ4v) is 2.43. The van der Waals surface area contributed by atoms with Crippen molar-refractivity contribution in [3.05, 3.63) is 0 Å². The lowest BCUT2D eigenvalue weighted by Crippen LogP contribution is -2.38. The molecule has 0 radical (unpaired) electrons. The van der Waals surface area contributed by atoms with Crippen molar-refractivity contribution in [1.29, 1.82) is 0 Å². The SMILES string of the molecule is CCSC(C(=O)NCC(C)CCO)C(C)C. The van der Waals surface area contributed by atoms with E-state index in [-0.39, 0.29) is 17.8 Å². The molecule has 0 fully saturated rings. The Kier molecular flexibility index (Phi) is 8.76. The second-order valence-corrected chi connectivity index (χ2v) is 5.90. The largest absolute Gasteiger partial charge is 0.396 e. The number of hydrogen-bond donors (Lipinski definition) is 2. The first-order valence-corrected chi connectivity index (χ1v) is 7.07. The molecule has 0 aliphatic heterocycles. The topological polar surface area (TPSA) is 49.3 Å². The molecule has 0 saturated carbocycles. The lowest BCUT2D eigenvalue weighted by atomic mass is 10.1. The van der Waals surface area contributed by atoms with Crippen LogP contribution in [0.2, 0.25) is 0 Å². The monoisotopic (exact) mass is 247 g/mol. The first kappa shape index (κ1) is 15.8. The van der Waals surface area contributed by atoms with E-state index in [9.17, 15) is 4.79 Å². The lowest BCUT2D eigenvalue weighted by molar-refractivity contribution is -0.121. The summed E-state index contributed by atoms with van der Waals surface area (Å²) < 4.78 is 0. The zero-order valence-electron chi connectivity index (χ0n) is 10.8. The summed E-state index contributed by atoms with van der Waals surface area (Å²) in [4.78, 5) is 11.9. The van der Waals surface area contributed by atoms with Crippen molar-refractivity contribution in [2.75, 3.05) is 18.9 Å². The molecule has 96 valence electrons. The Hall–Kier alpha value is -0.220. The van der Waals surface area contributed by atoms with Crippen molar-refractivity contribution in [2.45, 2.75) is 39.4 Å². The maximum atomic E-state index is 11.9. The van der Waals surface area contributed by atoms with Crippen LogP contribution >= 0.6 is 11.8 Å². The third-order valence-corrected chi connectivity index (χ3v) is 3.91. The van der Waals surface area contributed by atoms with Crippen LogP contribution in [-0.4, -0.2) is 35.2 Å². The van der Waals surface area contributed by atoms with E-state index in [0.717, 1.165) is 12.2 Å². The molecule has 0 heterocycles. The predicted molar refractivity (Wildman–Crippen MR) is 70.6 cm³/mol. The minimum Gasteiger partial charge on any atom is -0.396 e. The fraction of sp³-hybridized carbons (Fsp3) is 0.917. The van der Waals surface area contributed by atoms with Gasteiger partial charge in [0.1, 0.15) is 0 Å². The minimum atomic E-state index is 0.0475. The van der Waals surface area contributed by atoms with Gasteiger partial charge >= 0.3 is 0 Å². The van der Waals surface area contributed by atoms with Crippen LogP contribution in [-0.2, 0) is 4.79 Å². The van der Waals surface area contributed by atoms with E-state index in [0.29, 0.717) is 18.4 Å². The van der Waals surface area contributed by atoms with Crippen LogP contribution in [0.5, 0.6) is 0 Å². The second kappa shape index (κ2) is 8.88. The zero-order valence-corrected chi connectivity index (χ0v) is 11.6. The van der Waals surface area contributed by atoms with Gasteiger partial charge in [0.2, 0.25) is 5.91 Å². The Labute approximate surface area is 103 Å². The van der Waals surface area contributed by atoms with Crippen LogP contribution in [0.4, 0.5) is 0 Å². The van der Waals surface area contributed by atoms with Gasteiger partial charge < -0.3 is 10.4 Å². The maximum Gasteiger partial charge on any atom is 0.233 e. The molecule has 0 aliphatic rings. The van der Waals surface area contributed by atoms with Gasteiger partial charge in [-0.05, 0) is 24.0 Å². The van der Waals surface area contributed by atoms with Gasteiger partial charge in [0.25, 0.3) is 0 Å². The van der Waals surface area contributed by atoms with Crippen molar-refractivity contribution in [3.63, 3.8) is 0 Å². The summed E-state index contributed by atoms with van der Waals surface area (Å²) in [7, 11) is 0. The molecule has 3 nitrogen and oxygen atoms in total. The molecule has 2 N–H and O–H groups in total. The summed E-state index contributed by atoms with van der Waals surface area (Å²) in [5.41, 5.74) is 0. The highest BCUT2D eigenvalue weighted by molar-refractivity contribution is 8.00. The van der Waals surface area contributed by atoms with E-state index in [2.05, 4.69) is 26.1 Å². The van der Waals surface area contributed by atoms with E-state index < -0.39 is 0 Å². The zero-order chi connectivity index (χ0) is 12.6. The average molecular weight is 247 g/mol. The second-order valence-electron chi connectivity index (χ2n) is 4.48. The van der Waals surface area contributed by atoms with Gasteiger partial charge in [-0.1, -0.05) is 27.7 Å². The minimum absolute atomic E-state index is 0.0475. The van der Waals surface area contributed by atoms with Gasteiger partial charge in [0.05, 0.1) is 5.25 Å². The summed E-state index contributed by atoms with van der Waals surface area (Å²) in [6.45, 7) is 9.10.